The second-order valence-corrected chi connectivity index (χ2v) is 6.88. The van der Waals surface area contributed by atoms with Crippen LogP contribution in [0.4, 0.5) is 0 Å². The molecule has 100 valence electrons. The second kappa shape index (κ2) is 4.89. The lowest BCUT2D eigenvalue weighted by atomic mass is 9.62. The van der Waals surface area contributed by atoms with E-state index >= 15 is 0 Å². The van der Waals surface area contributed by atoms with Crippen molar-refractivity contribution in [3.63, 3.8) is 0 Å². The minimum Gasteiger partial charge on any atom is -0.329 e. The molecule has 17 heavy (non-hydrogen) atoms. The van der Waals surface area contributed by atoms with Gasteiger partial charge in [0.25, 0.3) is 0 Å². The van der Waals surface area contributed by atoms with Crippen LogP contribution >= 0.6 is 0 Å². The van der Waals surface area contributed by atoms with E-state index in [2.05, 4.69) is 25.8 Å². The highest BCUT2D eigenvalue weighted by Crippen LogP contribution is 2.48. The maximum absolute atomic E-state index is 6.24. The molecule has 0 bridgehead atoms. The van der Waals surface area contributed by atoms with Gasteiger partial charge < -0.3 is 5.73 Å². The van der Waals surface area contributed by atoms with E-state index in [-0.39, 0.29) is 5.54 Å². The van der Waals surface area contributed by atoms with E-state index in [0.717, 1.165) is 12.6 Å². The minimum atomic E-state index is 0.250. The van der Waals surface area contributed by atoms with Crippen molar-refractivity contribution in [1.29, 1.82) is 0 Å². The summed E-state index contributed by atoms with van der Waals surface area (Å²) in [7, 11) is 2.34. The molecule has 0 aliphatic heterocycles. The molecule has 0 saturated heterocycles. The van der Waals surface area contributed by atoms with Crippen molar-refractivity contribution in [2.45, 2.75) is 76.8 Å². The van der Waals surface area contributed by atoms with Gasteiger partial charge in [0.2, 0.25) is 0 Å². The minimum absolute atomic E-state index is 0.250. The molecule has 2 heteroatoms. The number of hydrogen-bond donors (Lipinski definition) is 1. The van der Waals surface area contributed by atoms with Crippen LogP contribution in [0.5, 0.6) is 0 Å². The van der Waals surface area contributed by atoms with E-state index < -0.39 is 0 Å². The molecule has 0 heterocycles. The summed E-state index contributed by atoms with van der Waals surface area (Å²) < 4.78 is 0. The van der Waals surface area contributed by atoms with Crippen molar-refractivity contribution in [2.75, 3.05) is 13.6 Å². The van der Waals surface area contributed by atoms with Gasteiger partial charge in [-0.25, -0.2) is 0 Å². The molecule has 2 fully saturated rings. The molecule has 2 aliphatic rings. The Balaban J connectivity index is 2.21. The molecular weight excluding hydrogens is 208 g/mol. The number of hydrogen-bond acceptors (Lipinski definition) is 2. The Hall–Kier alpha value is -0.0800. The van der Waals surface area contributed by atoms with Gasteiger partial charge in [-0.05, 0) is 38.1 Å². The van der Waals surface area contributed by atoms with E-state index in [1.54, 1.807) is 0 Å². The first-order chi connectivity index (χ1) is 8.03. The number of likely N-dealkylation sites (N-methyl/N-ethyl adjacent to an activating group) is 1. The molecule has 2 rings (SSSR count). The van der Waals surface area contributed by atoms with Gasteiger partial charge in [-0.1, -0.05) is 39.5 Å². The summed E-state index contributed by atoms with van der Waals surface area (Å²) in [6.45, 7) is 5.70. The standard InChI is InChI=1S/C15H30N2/c1-14(2)10-6-7-11-15(14,12-16)17(3)13-8-4-5-9-13/h13H,4-12,16H2,1-3H3. The quantitative estimate of drug-likeness (QED) is 0.818. The lowest BCUT2D eigenvalue weighted by Crippen LogP contribution is -2.64. The van der Waals surface area contributed by atoms with E-state index in [1.807, 2.05) is 0 Å². The third-order valence-electron chi connectivity index (χ3n) is 5.79. The fraction of sp³-hybridized carbons (Fsp3) is 1.00. The molecule has 0 aromatic heterocycles. The maximum atomic E-state index is 6.24. The van der Waals surface area contributed by atoms with Crippen molar-refractivity contribution >= 4 is 0 Å². The molecule has 2 saturated carbocycles. The predicted molar refractivity (Wildman–Crippen MR) is 74.1 cm³/mol. The van der Waals surface area contributed by atoms with Gasteiger partial charge in [0.15, 0.2) is 0 Å². The van der Waals surface area contributed by atoms with Crippen molar-refractivity contribution < 1.29 is 0 Å². The summed E-state index contributed by atoms with van der Waals surface area (Å²) in [5.41, 5.74) is 6.86. The van der Waals surface area contributed by atoms with Crippen LogP contribution in [0.15, 0.2) is 0 Å². The highest BCUT2D eigenvalue weighted by Gasteiger charge is 2.50. The monoisotopic (exact) mass is 238 g/mol. The first-order valence-electron chi connectivity index (χ1n) is 7.46. The zero-order chi connectivity index (χ0) is 12.5. The lowest BCUT2D eigenvalue weighted by Gasteiger charge is -2.56. The molecule has 1 atom stereocenters. The van der Waals surface area contributed by atoms with E-state index in [0.29, 0.717) is 5.41 Å². The fourth-order valence-corrected chi connectivity index (χ4v) is 4.37. The first kappa shape index (κ1) is 13.4. The summed E-state index contributed by atoms with van der Waals surface area (Å²) in [5, 5.41) is 0. The highest BCUT2D eigenvalue weighted by molar-refractivity contribution is 5.06. The van der Waals surface area contributed by atoms with Gasteiger partial charge in [0.05, 0.1) is 0 Å². The van der Waals surface area contributed by atoms with Gasteiger partial charge >= 0.3 is 0 Å². The lowest BCUT2D eigenvalue weighted by molar-refractivity contribution is -0.0504. The van der Waals surface area contributed by atoms with Gasteiger partial charge in [-0.3, -0.25) is 4.90 Å². The van der Waals surface area contributed by atoms with Crippen molar-refractivity contribution in [1.82, 2.24) is 4.90 Å². The largest absolute Gasteiger partial charge is 0.329 e. The summed E-state index contributed by atoms with van der Waals surface area (Å²) in [6.07, 6.45) is 11.0. The topological polar surface area (TPSA) is 29.3 Å². The SMILES string of the molecule is CN(C1CCCC1)C1(CN)CCCCC1(C)C. The third-order valence-corrected chi connectivity index (χ3v) is 5.79. The van der Waals surface area contributed by atoms with Crippen LogP contribution in [-0.4, -0.2) is 30.1 Å². The summed E-state index contributed by atoms with van der Waals surface area (Å²) >= 11 is 0. The second-order valence-electron chi connectivity index (χ2n) is 6.88. The van der Waals surface area contributed by atoms with E-state index in [4.69, 9.17) is 5.73 Å². The Bertz CT molecular complexity index is 256. The molecule has 2 N–H and O–H groups in total. The summed E-state index contributed by atoms with van der Waals surface area (Å²) in [6, 6.07) is 0.788. The molecule has 1 unspecified atom stereocenters. The molecule has 2 nitrogen and oxygen atoms in total. The predicted octanol–water partition coefficient (Wildman–Crippen LogP) is 3.16. The van der Waals surface area contributed by atoms with E-state index in [9.17, 15) is 0 Å². The molecule has 0 aromatic rings. The maximum Gasteiger partial charge on any atom is 0.0382 e. The highest BCUT2D eigenvalue weighted by atomic mass is 15.2. The van der Waals surface area contributed by atoms with Crippen molar-refractivity contribution in [2.24, 2.45) is 11.1 Å². The van der Waals surface area contributed by atoms with Gasteiger partial charge in [0, 0.05) is 18.1 Å². The molecule has 0 radical (unpaired) electrons. The van der Waals surface area contributed by atoms with Gasteiger partial charge in [-0.2, -0.15) is 0 Å². The molecule has 0 spiro atoms. The van der Waals surface area contributed by atoms with E-state index in [1.165, 1.54) is 51.4 Å². The number of nitrogens with two attached hydrogens (primary N) is 1. The molecular formula is C15H30N2. The van der Waals surface area contributed by atoms with Crippen LogP contribution in [-0.2, 0) is 0 Å². The molecule has 0 aromatic carbocycles. The summed E-state index contributed by atoms with van der Waals surface area (Å²) in [5.74, 6) is 0. The summed E-state index contributed by atoms with van der Waals surface area (Å²) in [4.78, 5) is 2.68. The van der Waals surface area contributed by atoms with Crippen LogP contribution in [0.3, 0.4) is 0 Å². The molecule has 2 aliphatic carbocycles. The average Bonchev–Trinajstić information content (AvgIpc) is 2.81. The Kier molecular flexibility index (Phi) is 3.84. The Morgan fingerprint density at radius 2 is 1.65 bits per heavy atom. The fourth-order valence-electron chi connectivity index (χ4n) is 4.37. The van der Waals surface area contributed by atoms with Crippen LogP contribution < -0.4 is 5.73 Å². The van der Waals surface area contributed by atoms with Crippen LogP contribution in [0.2, 0.25) is 0 Å². The first-order valence-corrected chi connectivity index (χ1v) is 7.46. The van der Waals surface area contributed by atoms with Gasteiger partial charge in [0.1, 0.15) is 0 Å². The van der Waals surface area contributed by atoms with Crippen molar-refractivity contribution in [3.8, 4) is 0 Å². The Labute approximate surface area is 107 Å². The van der Waals surface area contributed by atoms with Crippen LogP contribution in [0.25, 0.3) is 0 Å². The van der Waals surface area contributed by atoms with Gasteiger partial charge in [-0.15, -0.1) is 0 Å². The number of rotatable bonds is 3. The zero-order valence-corrected chi connectivity index (χ0v) is 12.0. The zero-order valence-electron chi connectivity index (χ0n) is 12.0. The molecule has 0 amide bonds. The smallest absolute Gasteiger partial charge is 0.0382 e. The average molecular weight is 238 g/mol. The Morgan fingerprint density at radius 3 is 2.18 bits per heavy atom. The van der Waals surface area contributed by atoms with Crippen molar-refractivity contribution in [3.05, 3.63) is 0 Å². The third kappa shape index (κ3) is 2.15. The number of nitrogens with zero attached hydrogens (tertiary/aromatic N) is 1. The Morgan fingerprint density at radius 1 is 1.06 bits per heavy atom. The van der Waals surface area contributed by atoms with Crippen LogP contribution in [0.1, 0.15) is 65.2 Å². The van der Waals surface area contributed by atoms with Crippen LogP contribution in [0, 0.1) is 5.41 Å². The normalized spacial score (nSPS) is 34.4.